The number of nitrogens with zero attached hydrogens (tertiary/aromatic N) is 1. The molecule has 3 rings (SSSR count). The average molecular weight is 293 g/mol. The molecule has 0 saturated heterocycles. The summed E-state index contributed by atoms with van der Waals surface area (Å²) in [6.07, 6.45) is 3.55. The zero-order chi connectivity index (χ0) is 15.4. The van der Waals surface area contributed by atoms with Crippen molar-refractivity contribution in [1.82, 2.24) is 0 Å². The van der Waals surface area contributed by atoms with Gasteiger partial charge in [-0.05, 0) is 42.5 Å². The third-order valence-corrected chi connectivity index (χ3v) is 4.49. The van der Waals surface area contributed by atoms with Crippen LogP contribution in [0.1, 0.15) is 30.9 Å². The number of fused-ring (bicyclic) bond motifs is 1. The number of aliphatic imine (C=N–C) groups is 1. The predicted molar refractivity (Wildman–Crippen MR) is 93.3 cm³/mol. The van der Waals surface area contributed by atoms with Gasteiger partial charge in [-0.15, -0.1) is 0 Å². The molecular formula is C19H23N3. The van der Waals surface area contributed by atoms with E-state index in [0.717, 1.165) is 18.7 Å². The highest BCUT2D eigenvalue weighted by atomic mass is 15.1. The summed E-state index contributed by atoms with van der Waals surface area (Å²) in [4.78, 5) is 4.60. The van der Waals surface area contributed by atoms with Crippen LogP contribution in [0.25, 0.3) is 0 Å². The topological polar surface area (TPSA) is 50.4 Å². The van der Waals surface area contributed by atoms with Gasteiger partial charge in [-0.3, -0.25) is 4.99 Å². The molecule has 0 aliphatic heterocycles. The van der Waals surface area contributed by atoms with Crippen LogP contribution in [-0.4, -0.2) is 12.5 Å². The molecule has 22 heavy (non-hydrogen) atoms. The van der Waals surface area contributed by atoms with Gasteiger partial charge in [0, 0.05) is 11.1 Å². The van der Waals surface area contributed by atoms with Gasteiger partial charge in [0.1, 0.15) is 0 Å². The zero-order valence-corrected chi connectivity index (χ0v) is 13.0. The number of guanidine groups is 1. The van der Waals surface area contributed by atoms with Crippen molar-refractivity contribution in [3.8, 4) is 0 Å². The molecule has 0 radical (unpaired) electrons. The Morgan fingerprint density at radius 1 is 1.14 bits per heavy atom. The highest BCUT2D eigenvalue weighted by Crippen LogP contribution is 2.37. The third-order valence-electron chi connectivity index (χ3n) is 4.49. The second kappa shape index (κ2) is 6.22. The van der Waals surface area contributed by atoms with Crippen LogP contribution in [0.15, 0.2) is 59.6 Å². The first-order valence-corrected chi connectivity index (χ1v) is 7.88. The minimum absolute atomic E-state index is 0.0812. The van der Waals surface area contributed by atoms with Crippen LogP contribution < -0.4 is 11.1 Å². The highest BCUT2D eigenvalue weighted by Gasteiger charge is 2.31. The highest BCUT2D eigenvalue weighted by molar-refractivity contribution is 5.92. The van der Waals surface area contributed by atoms with Crippen LogP contribution in [0.2, 0.25) is 0 Å². The van der Waals surface area contributed by atoms with Crippen molar-refractivity contribution in [3.05, 3.63) is 65.7 Å². The Morgan fingerprint density at radius 3 is 2.68 bits per heavy atom. The first-order chi connectivity index (χ1) is 10.7. The van der Waals surface area contributed by atoms with Gasteiger partial charge in [0.15, 0.2) is 5.96 Å². The molecule has 3 nitrogen and oxygen atoms in total. The first kappa shape index (κ1) is 14.6. The Morgan fingerprint density at radius 2 is 1.86 bits per heavy atom. The molecular weight excluding hydrogens is 270 g/mol. The fraction of sp³-hybridized carbons (Fsp3) is 0.316. The Balaban J connectivity index is 1.74. The quantitative estimate of drug-likeness (QED) is 0.669. The largest absolute Gasteiger partial charge is 0.370 e. The Hall–Kier alpha value is -2.29. The third kappa shape index (κ3) is 3.14. The van der Waals surface area contributed by atoms with Crippen LogP contribution in [0.3, 0.4) is 0 Å². The number of aryl methyl sites for hydroxylation is 1. The van der Waals surface area contributed by atoms with E-state index in [-0.39, 0.29) is 5.41 Å². The van der Waals surface area contributed by atoms with Crippen molar-refractivity contribution in [2.75, 3.05) is 11.9 Å². The summed E-state index contributed by atoms with van der Waals surface area (Å²) in [5, 5.41) is 3.15. The van der Waals surface area contributed by atoms with Crippen LogP contribution in [-0.2, 0) is 11.8 Å². The number of nitrogens with one attached hydrogen (secondary N) is 1. The Kier molecular flexibility index (Phi) is 4.14. The van der Waals surface area contributed by atoms with Crippen molar-refractivity contribution in [1.29, 1.82) is 0 Å². The summed E-state index contributed by atoms with van der Waals surface area (Å²) in [6.45, 7) is 3.01. The van der Waals surface area contributed by atoms with Gasteiger partial charge in [0.05, 0.1) is 6.54 Å². The second-order valence-corrected chi connectivity index (χ2v) is 6.26. The molecule has 0 saturated carbocycles. The van der Waals surface area contributed by atoms with Crippen LogP contribution >= 0.6 is 0 Å². The van der Waals surface area contributed by atoms with Gasteiger partial charge in [-0.2, -0.15) is 0 Å². The van der Waals surface area contributed by atoms with Crippen LogP contribution in [0.4, 0.5) is 5.69 Å². The van der Waals surface area contributed by atoms with E-state index in [4.69, 9.17) is 5.73 Å². The van der Waals surface area contributed by atoms with Crippen molar-refractivity contribution in [2.45, 2.75) is 31.6 Å². The Bertz CT molecular complexity index is 663. The second-order valence-electron chi connectivity index (χ2n) is 6.26. The smallest absolute Gasteiger partial charge is 0.193 e. The van der Waals surface area contributed by atoms with Crippen molar-refractivity contribution < 1.29 is 0 Å². The van der Waals surface area contributed by atoms with Crippen LogP contribution in [0, 0.1) is 0 Å². The SMILES string of the molecule is CC1(CN=C(N)Nc2ccccc2)CCCc2ccccc21. The van der Waals surface area contributed by atoms with Gasteiger partial charge in [0.2, 0.25) is 0 Å². The standard InChI is InChI=1S/C19H23N3/c1-19(13-7-9-15-8-5-6-12-17(15)19)14-21-18(20)22-16-10-3-2-4-11-16/h2-6,8,10-12H,7,9,13-14H2,1H3,(H3,20,21,22). The van der Waals surface area contributed by atoms with Crippen LogP contribution in [0.5, 0.6) is 0 Å². The van der Waals surface area contributed by atoms with Gasteiger partial charge >= 0.3 is 0 Å². The minimum Gasteiger partial charge on any atom is -0.370 e. The number of hydrogen-bond acceptors (Lipinski definition) is 1. The maximum Gasteiger partial charge on any atom is 0.193 e. The van der Waals surface area contributed by atoms with E-state index < -0.39 is 0 Å². The van der Waals surface area contributed by atoms with Crippen molar-refractivity contribution in [2.24, 2.45) is 10.7 Å². The van der Waals surface area contributed by atoms with E-state index in [1.165, 1.54) is 24.0 Å². The monoisotopic (exact) mass is 293 g/mol. The molecule has 0 aromatic heterocycles. The molecule has 1 atom stereocenters. The molecule has 0 amide bonds. The molecule has 0 bridgehead atoms. The molecule has 0 spiro atoms. The Labute approximate surface area is 132 Å². The molecule has 2 aromatic carbocycles. The lowest BCUT2D eigenvalue weighted by molar-refractivity contribution is 0.405. The molecule has 114 valence electrons. The average Bonchev–Trinajstić information content (AvgIpc) is 2.55. The normalized spacial score (nSPS) is 21.2. The number of benzene rings is 2. The number of hydrogen-bond donors (Lipinski definition) is 2. The van der Waals surface area contributed by atoms with E-state index >= 15 is 0 Å². The number of para-hydroxylation sites is 1. The van der Waals surface area contributed by atoms with Crippen molar-refractivity contribution in [3.63, 3.8) is 0 Å². The number of rotatable bonds is 3. The lowest BCUT2D eigenvalue weighted by atomic mass is 9.71. The maximum atomic E-state index is 6.04. The molecule has 1 aliphatic carbocycles. The molecule has 2 aromatic rings. The molecule has 0 fully saturated rings. The lowest BCUT2D eigenvalue weighted by Gasteiger charge is -2.34. The molecule has 3 heteroatoms. The summed E-state index contributed by atoms with van der Waals surface area (Å²) >= 11 is 0. The van der Waals surface area contributed by atoms with E-state index in [9.17, 15) is 0 Å². The summed E-state index contributed by atoms with van der Waals surface area (Å²) in [5.41, 5.74) is 9.98. The number of anilines is 1. The lowest BCUT2D eigenvalue weighted by Crippen LogP contribution is -2.33. The summed E-state index contributed by atoms with van der Waals surface area (Å²) in [5.74, 6) is 0.482. The van der Waals surface area contributed by atoms with E-state index in [0.29, 0.717) is 5.96 Å². The van der Waals surface area contributed by atoms with Gasteiger partial charge in [-0.1, -0.05) is 49.4 Å². The number of nitrogens with two attached hydrogens (primary N) is 1. The van der Waals surface area contributed by atoms with E-state index in [1.807, 2.05) is 30.3 Å². The molecule has 1 aliphatic rings. The molecule has 0 heterocycles. The zero-order valence-electron chi connectivity index (χ0n) is 13.0. The summed E-state index contributed by atoms with van der Waals surface area (Å²) < 4.78 is 0. The predicted octanol–water partition coefficient (Wildman–Crippen LogP) is 3.71. The minimum atomic E-state index is 0.0812. The summed E-state index contributed by atoms with van der Waals surface area (Å²) in [6, 6.07) is 18.6. The van der Waals surface area contributed by atoms with E-state index in [1.54, 1.807) is 0 Å². The summed E-state index contributed by atoms with van der Waals surface area (Å²) in [7, 11) is 0. The van der Waals surface area contributed by atoms with Gasteiger partial charge in [-0.25, -0.2) is 0 Å². The first-order valence-electron chi connectivity index (χ1n) is 7.88. The van der Waals surface area contributed by atoms with E-state index in [2.05, 4.69) is 41.5 Å². The fourth-order valence-corrected chi connectivity index (χ4v) is 3.26. The van der Waals surface area contributed by atoms with Gasteiger partial charge < -0.3 is 11.1 Å². The van der Waals surface area contributed by atoms with Crippen molar-refractivity contribution >= 4 is 11.6 Å². The fourth-order valence-electron chi connectivity index (χ4n) is 3.26. The molecule has 3 N–H and O–H groups in total. The molecule has 1 unspecified atom stereocenters. The van der Waals surface area contributed by atoms with Gasteiger partial charge in [0.25, 0.3) is 0 Å². The maximum absolute atomic E-state index is 6.04.